The van der Waals surface area contributed by atoms with Crippen molar-refractivity contribution in [2.24, 2.45) is 0 Å². The Morgan fingerprint density at radius 1 is 1.29 bits per heavy atom. The molecule has 1 unspecified atom stereocenters. The molecule has 0 aromatic heterocycles. The predicted octanol–water partition coefficient (Wildman–Crippen LogP) is 1.83. The molecule has 5 heteroatoms. The molecule has 1 rings (SSSR count). The molecule has 0 spiro atoms. The Morgan fingerprint density at radius 2 is 1.90 bits per heavy atom. The third-order valence-corrected chi connectivity index (χ3v) is 3.29. The largest absolute Gasteiger partial charge is 0.481 e. The van der Waals surface area contributed by atoms with Gasteiger partial charge >= 0.3 is 5.97 Å². The molecule has 1 atom stereocenters. The van der Waals surface area contributed by atoms with Gasteiger partial charge in [0.05, 0.1) is 12.5 Å². The number of aliphatic carboxylic acids is 1. The zero-order valence-electron chi connectivity index (χ0n) is 12.9. The van der Waals surface area contributed by atoms with Crippen molar-refractivity contribution in [1.82, 2.24) is 10.2 Å². The van der Waals surface area contributed by atoms with Crippen LogP contribution < -0.4 is 5.32 Å². The Labute approximate surface area is 126 Å². The molecule has 0 saturated heterocycles. The predicted molar refractivity (Wildman–Crippen MR) is 82.1 cm³/mol. The number of hydrogen-bond donors (Lipinski definition) is 2. The minimum atomic E-state index is -0.826. The van der Waals surface area contributed by atoms with Crippen molar-refractivity contribution in [2.45, 2.75) is 32.7 Å². The van der Waals surface area contributed by atoms with Crippen molar-refractivity contribution in [2.75, 3.05) is 20.1 Å². The van der Waals surface area contributed by atoms with Gasteiger partial charge in [-0.15, -0.1) is 0 Å². The van der Waals surface area contributed by atoms with Crippen LogP contribution in [0.4, 0.5) is 0 Å². The molecule has 5 nitrogen and oxygen atoms in total. The lowest BCUT2D eigenvalue weighted by Crippen LogP contribution is -2.35. The maximum Gasteiger partial charge on any atom is 0.310 e. The monoisotopic (exact) mass is 292 g/mol. The zero-order valence-corrected chi connectivity index (χ0v) is 12.9. The molecule has 0 aliphatic rings. The van der Waals surface area contributed by atoms with Gasteiger partial charge in [0.1, 0.15) is 0 Å². The number of carboxylic acids is 1. The molecule has 0 aliphatic carbocycles. The summed E-state index contributed by atoms with van der Waals surface area (Å²) in [7, 11) is 1.89. The van der Waals surface area contributed by atoms with Crippen molar-refractivity contribution in [3.8, 4) is 0 Å². The highest BCUT2D eigenvalue weighted by molar-refractivity contribution is 5.78. The fourth-order valence-corrected chi connectivity index (χ4v) is 1.99. The Balaban J connectivity index is 2.51. The first-order valence-electron chi connectivity index (χ1n) is 7.21. The van der Waals surface area contributed by atoms with E-state index in [0.717, 1.165) is 17.5 Å². The summed E-state index contributed by atoms with van der Waals surface area (Å²) in [5.74, 6) is -1.31. The number of hydrogen-bond acceptors (Lipinski definition) is 3. The van der Waals surface area contributed by atoms with Crippen LogP contribution in [0.2, 0.25) is 0 Å². The van der Waals surface area contributed by atoms with E-state index < -0.39 is 11.9 Å². The van der Waals surface area contributed by atoms with E-state index in [-0.39, 0.29) is 5.91 Å². The second kappa shape index (κ2) is 8.42. The van der Waals surface area contributed by atoms with E-state index in [0.29, 0.717) is 19.6 Å². The summed E-state index contributed by atoms with van der Waals surface area (Å²) in [5.41, 5.74) is 1.84. The maximum absolute atomic E-state index is 11.6. The van der Waals surface area contributed by atoms with E-state index in [1.807, 2.05) is 43.1 Å². The molecule has 2 N–H and O–H groups in total. The molecule has 1 aromatic carbocycles. The first-order chi connectivity index (χ1) is 9.93. The molecule has 116 valence electrons. The summed E-state index contributed by atoms with van der Waals surface area (Å²) < 4.78 is 0. The molecule has 0 saturated carbocycles. The Bertz CT molecular complexity index is 471. The molecule has 0 radical (unpaired) electrons. The maximum atomic E-state index is 11.6. The SMILES string of the molecule is CCCNC(=O)CN(C)Cc1ccc(C(C)C(=O)O)cc1. The summed E-state index contributed by atoms with van der Waals surface area (Å²) in [6.45, 7) is 5.40. The number of carboxylic acid groups (broad SMARTS) is 1. The van der Waals surface area contributed by atoms with Crippen LogP contribution in [0.5, 0.6) is 0 Å². The van der Waals surface area contributed by atoms with Crippen LogP contribution in [-0.2, 0) is 16.1 Å². The second-order valence-corrected chi connectivity index (χ2v) is 5.32. The summed E-state index contributed by atoms with van der Waals surface area (Å²) in [4.78, 5) is 24.5. The normalized spacial score (nSPS) is 12.2. The number of amides is 1. The van der Waals surface area contributed by atoms with Crippen LogP contribution in [0.1, 0.15) is 37.3 Å². The van der Waals surface area contributed by atoms with Crippen LogP contribution >= 0.6 is 0 Å². The quantitative estimate of drug-likeness (QED) is 0.767. The van der Waals surface area contributed by atoms with Gasteiger partial charge in [-0.2, -0.15) is 0 Å². The van der Waals surface area contributed by atoms with Crippen molar-refractivity contribution in [1.29, 1.82) is 0 Å². The number of carbonyl (C=O) groups excluding carboxylic acids is 1. The van der Waals surface area contributed by atoms with Gasteiger partial charge in [-0.05, 0) is 31.5 Å². The summed E-state index contributed by atoms with van der Waals surface area (Å²) in [6, 6.07) is 7.49. The molecule has 0 bridgehead atoms. The van der Waals surface area contributed by atoms with Crippen molar-refractivity contribution in [3.05, 3.63) is 35.4 Å². The average molecular weight is 292 g/mol. The molecule has 1 amide bonds. The lowest BCUT2D eigenvalue weighted by Gasteiger charge is -2.16. The van der Waals surface area contributed by atoms with Gasteiger partial charge in [0.2, 0.25) is 5.91 Å². The van der Waals surface area contributed by atoms with Gasteiger partial charge in [-0.1, -0.05) is 31.2 Å². The molecule has 0 fully saturated rings. The van der Waals surface area contributed by atoms with E-state index in [2.05, 4.69) is 5.32 Å². The molecule has 0 aliphatic heterocycles. The second-order valence-electron chi connectivity index (χ2n) is 5.32. The van der Waals surface area contributed by atoms with Crippen molar-refractivity contribution < 1.29 is 14.7 Å². The zero-order chi connectivity index (χ0) is 15.8. The van der Waals surface area contributed by atoms with E-state index in [1.54, 1.807) is 6.92 Å². The third kappa shape index (κ3) is 5.95. The Kier molecular flexibility index (Phi) is 6.88. The van der Waals surface area contributed by atoms with Gasteiger partial charge in [0.15, 0.2) is 0 Å². The molecule has 0 heterocycles. The number of carbonyl (C=O) groups is 2. The minimum absolute atomic E-state index is 0.0236. The number of nitrogens with zero attached hydrogens (tertiary/aromatic N) is 1. The minimum Gasteiger partial charge on any atom is -0.481 e. The van der Waals surface area contributed by atoms with Crippen LogP contribution in [0, 0.1) is 0 Å². The lowest BCUT2D eigenvalue weighted by molar-refractivity contribution is -0.138. The molecule has 1 aromatic rings. The van der Waals surface area contributed by atoms with Crippen molar-refractivity contribution >= 4 is 11.9 Å². The Morgan fingerprint density at radius 3 is 2.43 bits per heavy atom. The number of rotatable bonds is 8. The first kappa shape index (κ1) is 17.2. The van der Waals surface area contributed by atoms with Gasteiger partial charge in [-0.3, -0.25) is 14.5 Å². The van der Waals surface area contributed by atoms with Gasteiger partial charge in [0, 0.05) is 13.1 Å². The third-order valence-electron chi connectivity index (χ3n) is 3.29. The average Bonchev–Trinajstić information content (AvgIpc) is 2.44. The highest BCUT2D eigenvalue weighted by Crippen LogP contribution is 2.16. The van der Waals surface area contributed by atoms with Crippen LogP contribution in [0.15, 0.2) is 24.3 Å². The van der Waals surface area contributed by atoms with Gasteiger partial charge in [0.25, 0.3) is 0 Å². The standard InChI is InChI=1S/C16H24N2O3/c1-4-9-17-15(19)11-18(3)10-13-5-7-14(8-6-13)12(2)16(20)21/h5-8,12H,4,9-11H2,1-3H3,(H,17,19)(H,20,21). The van der Waals surface area contributed by atoms with Crippen LogP contribution in [0.25, 0.3) is 0 Å². The molecular formula is C16H24N2O3. The van der Waals surface area contributed by atoms with E-state index in [4.69, 9.17) is 5.11 Å². The smallest absolute Gasteiger partial charge is 0.310 e. The van der Waals surface area contributed by atoms with Gasteiger partial charge in [-0.25, -0.2) is 0 Å². The highest BCUT2D eigenvalue weighted by Gasteiger charge is 2.13. The van der Waals surface area contributed by atoms with Crippen LogP contribution in [-0.4, -0.2) is 42.0 Å². The molecular weight excluding hydrogens is 268 g/mol. The fourth-order valence-electron chi connectivity index (χ4n) is 1.99. The first-order valence-corrected chi connectivity index (χ1v) is 7.21. The number of likely N-dealkylation sites (N-methyl/N-ethyl adjacent to an activating group) is 1. The lowest BCUT2D eigenvalue weighted by atomic mass is 10.00. The van der Waals surface area contributed by atoms with Crippen LogP contribution in [0.3, 0.4) is 0 Å². The number of benzene rings is 1. The van der Waals surface area contributed by atoms with E-state index in [9.17, 15) is 9.59 Å². The topological polar surface area (TPSA) is 69.6 Å². The number of nitrogens with one attached hydrogen (secondary N) is 1. The fraction of sp³-hybridized carbons (Fsp3) is 0.500. The molecule has 21 heavy (non-hydrogen) atoms. The highest BCUT2D eigenvalue weighted by atomic mass is 16.4. The Hall–Kier alpha value is -1.88. The summed E-state index contributed by atoms with van der Waals surface area (Å²) in [6.07, 6.45) is 0.929. The van der Waals surface area contributed by atoms with E-state index >= 15 is 0 Å². The van der Waals surface area contributed by atoms with Crippen molar-refractivity contribution in [3.63, 3.8) is 0 Å². The van der Waals surface area contributed by atoms with E-state index in [1.165, 1.54) is 0 Å². The van der Waals surface area contributed by atoms with Gasteiger partial charge < -0.3 is 10.4 Å². The summed E-state index contributed by atoms with van der Waals surface area (Å²) >= 11 is 0. The summed E-state index contributed by atoms with van der Waals surface area (Å²) in [5, 5.41) is 11.8.